The number of ether oxygens (including phenoxy) is 2. The lowest BCUT2D eigenvalue weighted by Crippen LogP contribution is -1.93. The molecule has 3 nitrogen and oxygen atoms in total. The SMILES string of the molecule is COc1cccc(COCc2ccc(C#CCN)s2)c1. The van der Waals surface area contributed by atoms with Crippen molar-refractivity contribution in [2.75, 3.05) is 13.7 Å². The van der Waals surface area contributed by atoms with Gasteiger partial charge in [-0.1, -0.05) is 24.0 Å². The third kappa shape index (κ3) is 4.39. The summed E-state index contributed by atoms with van der Waals surface area (Å²) in [5.41, 5.74) is 6.45. The minimum absolute atomic E-state index is 0.388. The van der Waals surface area contributed by atoms with Crippen LogP contribution in [0.2, 0.25) is 0 Å². The van der Waals surface area contributed by atoms with Crippen molar-refractivity contribution in [3.63, 3.8) is 0 Å². The van der Waals surface area contributed by atoms with Crippen LogP contribution in [0.5, 0.6) is 5.75 Å². The van der Waals surface area contributed by atoms with Crippen LogP contribution in [-0.4, -0.2) is 13.7 Å². The Kier molecular flexibility index (Phi) is 5.63. The number of methoxy groups -OCH3 is 1. The van der Waals surface area contributed by atoms with Gasteiger partial charge in [-0.05, 0) is 29.8 Å². The monoisotopic (exact) mass is 287 g/mol. The fraction of sp³-hybridized carbons (Fsp3) is 0.250. The Morgan fingerprint density at radius 3 is 2.90 bits per heavy atom. The van der Waals surface area contributed by atoms with Crippen LogP contribution in [0, 0.1) is 11.8 Å². The predicted octanol–water partition coefficient (Wildman–Crippen LogP) is 2.78. The average molecular weight is 287 g/mol. The lowest BCUT2D eigenvalue weighted by Gasteiger charge is -2.05. The van der Waals surface area contributed by atoms with Crippen LogP contribution in [-0.2, 0) is 18.0 Å². The summed E-state index contributed by atoms with van der Waals surface area (Å²) in [7, 11) is 1.66. The van der Waals surface area contributed by atoms with Crippen molar-refractivity contribution in [1.29, 1.82) is 0 Å². The maximum Gasteiger partial charge on any atom is 0.119 e. The van der Waals surface area contributed by atoms with Gasteiger partial charge in [0.1, 0.15) is 5.75 Å². The molecule has 0 fully saturated rings. The maximum atomic E-state index is 5.71. The van der Waals surface area contributed by atoms with Gasteiger partial charge in [0.25, 0.3) is 0 Å². The lowest BCUT2D eigenvalue weighted by molar-refractivity contribution is 0.109. The molecule has 2 aromatic rings. The normalized spacial score (nSPS) is 9.90. The molecule has 0 amide bonds. The van der Waals surface area contributed by atoms with Gasteiger partial charge in [-0.25, -0.2) is 0 Å². The third-order valence-electron chi connectivity index (χ3n) is 2.62. The second kappa shape index (κ2) is 7.71. The first-order valence-electron chi connectivity index (χ1n) is 6.30. The van der Waals surface area contributed by atoms with E-state index in [4.69, 9.17) is 15.2 Å². The van der Waals surface area contributed by atoms with Crippen LogP contribution in [0.15, 0.2) is 36.4 Å². The van der Waals surface area contributed by atoms with E-state index in [1.807, 2.05) is 36.4 Å². The first-order chi connectivity index (χ1) is 9.81. The largest absolute Gasteiger partial charge is 0.497 e. The van der Waals surface area contributed by atoms with Crippen molar-refractivity contribution in [3.05, 3.63) is 51.7 Å². The van der Waals surface area contributed by atoms with Crippen molar-refractivity contribution in [2.24, 2.45) is 5.73 Å². The molecule has 104 valence electrons. The summed E-state index contributed by atoms with van der Waals surface area (Å²) in [6.45, 7) is 1.55. The van der Waals surface area contributed by atoms with Crippen molar-refractivity contribution < 1.29 is 9.47 Å². The van der Waals surface area contributed by atoms with E-state index >= 15 is 0 Å². The van der Waals surface area contributed by atoms with Crippen LogP contribution in [0.3, 0.4) is 0 Å². The molecule has 1 aromatic heterocycles. The van der Waals surface area contributed by atoms with E-state index in [9.17, 15) is 0 Å². The Labute approximate surface area is 123 Å². The number of hydrogen-bond acceptors (Lipinski definition) is 4. The molecule has 0 aliphatic heterocycles. The molecule has 0 aliphatic rings. The maximum absolute atomic E-state index is 5.71. The third-order valence-corrected chi connectivity index (χ3v) is 3.60. The van der Waals surface area contributed by atoms with Crippen LogP contribution in [0.25, 0.3) is 0 Å². The first-order valence-corrected chi connectivity index (χ1v) is 7.12. The number of thiophene rings is 1. The summed E-state index contributed by atoms with van der Waals surface area (Å²) in [6, 6.07) is 11.9. The van der Waals surface area contributed by atoms with E-state index in [2.05, 4.69) is 11.8 Å². The van der Waals surface area contributed by atoms with Gasteiger partial charge in [0, 0.05) is 4.88 Å². The summed E-state index contributed by atoms with van der Waals surface area (Å²) in [6.07, 6.45) is 0. The fourth-order valence-electron chi connectivity index (χ4n) is 1.69. The van der Waals surface area contributed by atoms with Crippen molar-refractivity contribution >= 4 is 11.3 Å². The topological polar surface area (TPSA) is 44.5 Å². The molecule has 0 radical (unpaired) electrons. The van der Waals surface area contributed by atoms with Gasteiger partial charge in [0.15, 0.2) is 0 Å². The van der Waals surface area contributed by atoms with Gasteiger partial charge >= 0.3 is 0 Å². The molecule has 0 saturated carbocycles. The van der Waals surface area contributed by atoms with Crippen LogP contribution < -0.4 is 10.5 Å². The molecular formula is C16H17NO2S. The summed E-state index contributed by atoms with van der Waals surface area (Å²) in [4.78, 5) is 2.18. The van der Waals surface area contributed by atoms with Crippen molar-refractivity contribution in [1.82, 2.24) is 0 Å². The smallest absolute Gasteiger partial charge is 0.119 e. The summed E-state index contributed by atoms with van der Waals surface area (Å²) >= 11 is 1.64. The molecule has 1 heterocycles. The zero-order chi connectivity index (χ0) is 14.2. The molecule has 0 saturated heterocycles. The second-order valence-corrected chi connectivity index (χ2v) is 5.28. The Morgan fingerprint density at radius 2 is 2.10 bits per heavy atom. The van der Waals surface area contributed by atoms with E-state index in [1.54, 1.807) is 18.4 Å². The van der Waals surface area contributed by atoms with Gasteiger partial charge in [-0.15, -0.1) is 11.3 Å². The van der Waals surface area contributed by atoms with E-state index in [0.717, 1.165) is 21.1 Å². The first kappa shape index (κ1) is 14.6. The van der Waals surface area contributed by atoms with E-state index < -0.39 is 0 Å². The standard InChI is InChI=1S/C16H17NO2S/c1-18-14-5-2-4-13(10-14)11-19-12-16-8-7-15(20-16)6-3-9-17/h2,4-5,7-8,10H,9,11-12,17H2,1H3. The molecule has 0 bridgehead atoms. The minimum Gasteiger partial charge on any atom is -0.497 e. The highest BCUT2D eigenvalue weighted by atomic mass is 32.1. The highest BCUT2D eigenvalue weighted by molar-refractivity contribution is 7.12. The Bertz CT molecular complexity index is 610. The second-order valence-electron chi connectivity index (χ2n) is 4.12. The molecule has 0 atom stereocenters. The molecule has 0 unspecified atom stereocenters. The quantitative estimate of drug-likeness (QED) is 0.860. The Morgan fingerprint density at radius 1 is 1.20 bits per heavy atom. The number of nitrogens with two attached hydrogens (primary N) is 1. The Balaban J connectivity index is 1.84. The number of hydrogen-bond donors (Lipinski definition) is 1. The van der Waals surface area contributed by atoms with Crippen molar-refractivity contribution in [3.8, 4) is 17.6 Å². The minimum atomic E-state index is 0.388. The van der Waals surface area contributed by atoms with Crippen LogP contribution in [0.4, 0.5) is 0 Å². The van der Waals surface area contributed by atoms with E-state index in [-0.39, 0.29) is 0 Å². The molecule has 0 aliphatic carbocycles. The molecule has 2 rings (SSSR count). The number of benzene rings is 1. The summed E-state index contributed by atoms with van der Waals surface area (Å²) in [5, 5.41) is 0. The molecule has 2 N–H and O–H groups in total. The molecule has 20 heavy (non-hydrogen) atoms. The lowest BCUT2D eigenvalue weighted by atomic mass is 10.2. The van der Waals surface area contributed by atoms with Crippen LogP contribution >= 0.6 is 11.3 Å². The molecule has 4 heteroatoms. The van der Waals surface area contributed by atoms with Gasteiger partial charge in [0.2, 0.25) is 0 Å². The van der Waals surface area contributed by atoms with Crippen LogP contribution in [0.1, 0.15) is 15.3 Å². The fourth-order valence-corrected chi connectivity index (χ4v) is 2.51. The molecule has 1 aromatic carbocycles. The van der Waals surface area contributed by atoms with Gasteiger partial charge < -0.3 is 15.2 Å². The average Bonchev–Trinajstić information content (AvgIpc) is 2.93. The van der Waals surface area contributed by atoms with E-state index in [1.165, 1.54) is 0 Å². The Hall–Kier alpha value is -1.80. The predicted molar refractivity (Wildman–Crippen MR) is 81.7 cm³/mol. The van der Waals surface area contributed by atoms with Gasteiger partial charge in [0.05, 0.1) is 31.7 Å². The van der Waals surface area contributed by atoms with E-state index in [0.29, 0.717) is 19.8 Å². The van der Waals surface area contributed by atoms with Gasteiger partial charge in [-0.2, -0.15) is 0 Å². The highest BCUT2D eigenvalue weighted by Gasteiger charge is 2.00. The zero-order valence-electron chi connectivity index (χ0n) is 11.4. The van der Waals surface area contributed by atoms with Gasteiger partial charge in [-0.3, -0.25) is 0 Å². The zero-order valence-corrected chi connectivity index (χ0v) is 12.2. The van der Waals surface area contributed by atoms with Crippen molar-refractivity contribution in [2.45, 2.75) is 13.2 Å². The summed E-state index contributed by atoms with van der Waals surface area (Å²) in [5.74, 6) is 6.71. The molecular weight excluding hydrogens is 270 g/mol. The number of rotatable bonds is 5. The molecule has 0 spiro atoms. The summed E-state index contributed by atoms with van der Waals surface area (Å²) < 4.78 is 10.9. The highest BCUT2D eigenvalue weighted by Crippen LogP contribution is 2.18.